The van der Waals surface area contributed by atoms with Crippen LogP contribution in [-0.2, 0) is 6.61 Å². The van der Waals surface area contributed by atoms with Crippen molar-refractivity contribution in [3.05, 3.63) is 23.9 Å². The maximum Gasteiger partial charge on any atom is 0.213 e. The standard InChI is InChI=1S/C14H24N2O2/c1-11(2)16(12(3)4)7-8-18-14-9-13(10-17)5-6-15-14/h5-6,9,11-12,17H,7-8,10H2,1-4H3. The molecule has 0 fully saturated rings. The van der Waals surface area contributed by atoms with Crippen LogP contribution in [0.15, 0.2) is 18.3 Å². The Hall–Kier alpha value is -1.13. The van der Waals surface area contributed by atoms with E-state index in [1.807, 2.05) is 0 Å². The molecule has 0 radical (unpaired) electrons. The van der Waals surface area contributed by atoms with Crippen molar-refractivity contribution in [2.24, 2.45) is 0 Å². The molecule has 4 nitrogen and oxygen atoms in total. The van der Waals surface area contributed by atoms with Gasteiger partial charge in [0.1, 0.15) is 6.61 Å². The number of aromatic nitrogens is 1. The molecule has 0 aliphatic rings. The van der Waals surface area contributed by atoms with Crippen LogP contribution in [0.5, 0.6) is 5.88 Å². The number of nitrogens with zero attached hydrogens (tertiary/aromatic N) is 2. The molecule has 0 saturated carbocycles. The van der Waals surface area contributed by atoms with Crippen molar-refractivity contribution < 1.29 is 9.84 Å². The summed E-state index contributed by atoms with van der Waals surface area (Å²) in [4.78, 5) is 6.49. The number of hydrogen-bond donors (Lipinski definition) is 1. The van der Waals surface area contributed by atoms with Gasteiger partial charge >= 0.3 is 0 Å². The van der Waals surface area contributed by atoms with Gasteiger partial charge in [-0.1, -0.05) is 0 Å². The van der Waals surface area contributed by atoms with E-state index in [1.165, 1.54) is 0 Å². The normalized spacial score (nSPS) is 11.6. The van der Waals surface area contributed by atoms with Crippen molar-refractivity contribution in [2.45, 2.75) is 46.4 Å². The molecule has 18 heavy (non-hydrogen) atoms. The second-order valence-electron chi connectivity index (χ2n) is 4.93. The minimum absolute atomic E-state index is 0.0169. The number of pyridine rings is 1. The van der Waals surface area contributed by atoms with Crippen LogP contribution in [-0.4, -0.2) is 40.2 Å². The first-order valence-electron chi connectivity index (χ1n) is 6.49. The highest BCUT2D eigenvalue weighted by atomic mass is 16.5. The molecule has 1 heterocycles. The SMILES string of the molecule is CC(C)N(CCOc1cc(CO)ccn1)C(C)C. The van der Waals surface area contributed by atoms with Gasteiger partial charge in [-0.2, -0.15) is 0 Å². The molecule has 0 aromatic carbocycles. The van der Waals surface area contributed by atoms with E-state index >= 15 is 0 Å². The quantitative estimate of drug-likeness (QED) is 0.807. The zero-order chi connectivity index (χ0) is 13.5. The third-order valence-corrected chi connectivity index (χ3v) is 2.91. The summed E-state index contributed by atoms with van der Waals surface area (Å²) in [5.41, 5.74) is 0.824. The first kappa shape index (κ1) is 14.9. The Kier molecular flexibility index (Phi) is 6.09. The van der Waals surface area contributed by atoms with E-state index in [4.69, 9.17) is 9.84 Å². The average molecular weight is 252 g/mol. The third-order valence-electron chi connectivity index (χ3n) is 2.91. The molecular weight excluding hydrogens is 228 g/mol. The minimum atomic E-state index is 0.0169. The summed E-state index contributed by atoms with van der Waals surface area (Å²) in [6.45, 7) is 10.2. The number of ether oxygens (including phenoxy) is 1. The van der Waals surface area contributed by atoms with E-state index in [0.717, 1.165) is 12.1 Å². The zero-order valence-corrected chi connectivity index (χ0v) is 11.8. The monoisotopic (exact) mass is 252 g/mol. The van der Waals surface area contributed by atoms with Gasteiger partial charge in [0.2, 0.25) is 5.88 Å². The van der Waals surface area contributed by atoms with Gasteiger partial charge in [0.15, 0.2) is 0 Å². The lowest BCUT2D eigenvalue weighted by Crippen LogP contribution is -2.39. The van der Waals surface area contributed by atoms with Gasteiger partial charge in [0.25, 0.3) is 0 Å². The summed E-state index contributed by atoms with van der Waals surface area (Å²) in [5, 5.41) is 9.03. The van der Waals surface area contributed by atoms with Crippen molar-refractivity contribution >= 4 is 0 Å². The largest absolute Gasteiger partial charge is 0.476 e. The van der Waals surface area contributed by atoms with Gasteiger partial charge in [0.05, 0.1) is 6.61 Å². The summed E-state index contributed by atoms with van der Waals surface area (Å²) in [6.07, 6.45) is 1.66. The van der Waals surface area contributed by atoms with Crippen LogP contribution in [0.3, 0.4) is 0 Å². The van der Waals surface area contributed by atoms with Crippen LogP contribution in [0.25, 0.3) is 0 Å². The van der Waals surface area contributed by atoms with E-state index in [1.54, 1.807) is 18.3 Å². The molecule has 0 spiro atoms. The molecule has 1 rings (SSSR count). The fourth-order valence-corrected chi connectivity index (χ4v) is 2.00. The smallest absolute Gasteiger partial charge is 0.213 e. The Bertz CT molecular complexity index is 345. The van der Waals surface area contributed by atoms with Crippen molar-refractivity contribution in [1.29, 1.82) is 0 Å². The highest BCUT2D eigenvalue weighted by Crippen LogP contribution is 2.10. The fourth-order valence-electron chi connectivity index (χ4n) is 2.00. The molecule has 0 atom stereocenters. The van der Waals surface area contributed by atoms with Crippen molar-refractivity contribution in [1.82, 2.24) is 9.88 Å². The highest BCUT2D eigenvalue weighted by Gasteiger charge is 2.12. The molecule has 102 valence electrons. The molecule has 0 bridgehead atoms. The number of aliphatic hydroxyl groups excluding tert-OH is 1. The maximum atomic E-state index is 9.03. The van der Waals surface area contributed by atoms with Crippen LogP contribution < -0.4 is 4.74 Å². The van der Waals surface area contributed by atoms with Crippen LogP contribution in [0.4, 0.5) is 0 Å². The number of rotatable bonds is 7. The van der Waals surface area contributed by atoms with Crippen LogP contribution in [0.1, 0.15) is 33.3 Å². The molecule has 0 aliphatic heterocycles. The lowest BCUT2D eigenvalue weighted by Gasteiger charge is -2.30. The predicted octanol–water partition coefficient (Wildman–Crippen LogP) is 2.07. The second-order valence-corrected chi connectivity index (χ2v) is 4.93. The fraction of sp³-hybridized carbons (Fsp3) is 0.643. The molecule has 1 aromatic rings. The summed E-state index contributed by atoms with van der Waals surface area (Å²) in [5.74, 6) is 0.578. The average Bonchev–Trinajstić information content (AvgIpc) is 2.34. The van der Waals surface area contributed by atoms with E-state index in [9.17, 15) is 0 Å². The molecule has 0 amide bonds. The Balaban J connectivity index is 2.44. The van der Waals surface area contributed by atoms with Gasteiger partial charge in [-0.15, -0.1) is 0 Å². The van der Waals surface area contributed by atoms with Crippen LogP contribution >= 0.6 is 0 Å². The maximum absolute atomic E-state index is 9.03. The molecule has 0 saturated heterocycles. The third kappa shape index (κ3) is 4.63. The van der Waals surface area contributed by atoms with Crippen LogP contribution in [0, 0.1) is 0 Å². The van der Waals surface area contributed by atoms with Crippen LogP contribution in [0.2, 0.25) is 0 Å². The molecule has 0 unspecified atom stereocenters. The van der Waals surface area contributed by atoms with Gasteiger partial charge in [-0.3, -0.25) is 4.90 Å². The minimum Gasteiger partial charge on any atom is -0.476 e. The molecular formula is C14H24N2O2. The lowest BCUT2D eigenvalue weighted by molar-refractivity contribution is 0.140. The molecule has 4 heteroatoms. The predicted molar refractivity (Wildman–Crippen MR) is 72.6 cm³/mol. The topological polar surface area (TPSA) is 45.6 Å². The Morgan fingerprint density at radius 3 is 2.50 bits per heavy atom. The van der Waals surface area contributed by atoms with E-state index < -0.39 is 0 Å². The van der Waals surface area contributed by atoms with Gasteiger partial charge in [-0.25, -0.2) is 4.98 Å². The zero-order valence-electron chi connectivity index (χ0n) is 11.8. The number of hydrogen-bond acceptors (Lipinski definition) is 4. The number of aliphatic hydroxyl groups is 1. The van der Waals surface area contributed by atoms with Crippen molar-refractivity contribution in [3.8, 4) is 5.88 Å². The lowest BCUT2D eigenvalue weighted by atomic mass is 10.2. The van der Waals surface area contributed by atoms with E-state index in [2.05, 4.69) is 37.6 Å². The summed E-state index contributed by atoms with van der Waals surface area (Å²) >= 11 is 0. The van der Waals surface area contributed by atoms with E-state index in [-0.39, 0.29) is 6.61 Å². The van der Waals surface area contributed by atoms with Gasteiger partial charge in [-0.05, 0) is 39.3 Å². The first-order chi connectivity index (χ1) is 8.54. The van der Waals surface area contributed by atoms with E-state index in [0.29, 0.717) is 24.6 Å². The Morgan fingerprint density at radius 2 is 1.94 bits per heavy atom. The molecule has 1 aromatic heterocycles. The van der Waals surface area contributed by atoms with Gasteiger partial charge < -0.3 is 9.84 Å². The summed E-state index contributed by atoms with van der Waals surface area (Å²) < 4.78 is 5.62. The Labute approximate surface area is 110 Å². The second kappa shape index (κ2) is 7.34. The highest BCUT2D eigenvalue weighted by molar-refractivity contribution is 5.19. The molecule has 0 aliphatic carbocycles. The summed E-state index contributed by atoms with van der Waals surface area (Å²) in [7, 11) is 0. The first-order valence-corrected chi connectivity index (χ1v) is 6.49. The Morgan fingerprint density at radius 1 is 1.28 bits per heavy atom. The molecule has 1 N–H and O–H groups in total. The summed E-state index contributed by atoms with van der Waals surface area (Å²) in [6, 6.07) is 4.56. The van der Waals surface area contributed by atoms with Gasteiger partial charge in [0, 0.05) is 30.9 Å². The van der Waals surface area contributed by atoms with Crippen molar-refractivity contribution in [2.75, 3.05) is 13.2 Å². The van der Waals surface area contributed by atoms with Crippen molar-refractivity contribution in [3.63, 3.8) is 0 Å².